The van der Waals surface area contributed by atoms with E-state index < -0.39 is 79.2 Å². The van der Waals surface area contributed by atoms with Crippen LogP contribution in [-0.4, -0.2) is 109 Å². The first kappa shape index (κ1) is 29.2. The average Bonchev–Trinajstić information content (AvgIpc) is 2.94. The van der Waals surface area contributed by atoms with E-state index >= 15 is 0 Å². The van der Waals surface area contributed by atoms with Gasteiger partial charge in [0.1, 0.15) is 83.3 Å². The maximum atomic E-state index is 12.7. The predicted molar refractivity (Wildman–Crippen MR) is 137 cm³/mol. The van der Waals surface area contributed by atoms with Crippen molar-refractivity contribution in [3.63, 3.8) is 0 Å². The molecule has 2 aromatic carbocycles. The lowest BCUT2D eigenvalue weighted by atomic mass is 9.98. The van der Waals surface area contributed by atoms with Crippen LogP contribution in [0.4, 0.5) is 0 Å². The fourth-order valence-corrected chi connectivity index (χ4v) is 4.70. The highest BCUT2D eigenvalue weighted by molar-refractivity contribution is 5.86. The fourth-order valence-electron chi connectivity index (χ4n) is 4.70. The van der Waals surface area contributed by atoms with Gasteiger partial charge in [0.15, 0.2) is 18.0 Å². The van der Waals surface area contributed by atoms with Crippen LogP contribution in [0.3, 0.4) is 0 Å². The predicted octanol–water partition coefficient (Wildman–Crippen LogP) is -1.10. The standard InChI is InChI=1S/C27H30O14/c1-10-20(31)22(33)24(35)26(38-10)41-27-25(36)23(34)21(32)18(40-27)9-37-13-6-14(29)19-15(30)8-16(39-17(19)7-13)11-2-4-12(28)5-3-11/h2-8,10,18,20-29,31-36H,9H2,1H3/t10-,18-,20-,21+,22+,23+,24+,25-,26-,27?/m0/s1. The summed E-state index contributed by atoms with van der Waals surface area (Å²) in [7, 11) is 0. The van der Waals surface area contributed by atoms with Crippen molar-refractivity contribution in [1.29, 1.82) is 0 Å². The normalized spacial score (nSPS) is 34.0. The van der Waals surface area contributed by atoms with Crippen LogP contribution in [0.15, 0.2) is 51.7 Å². The zero-order valence-electron chi connectivity index (χ0n) is 21.5. The van der Waals surface area contributed by atoms with Crippen molar-refractivity contribution in [2.45, 2.75) is 68.3 Å². The zero-order chi connectivity index (χ0) is 29.6. The van der Waals surface area contributed by atoms with Crippen LogP contribution in [0, 0.1) is 0 Å². The van der Waals surface area contributed by atoms with E-state index in [0.717, 1.165) is 6.07 Å². The first-order chi connectivity index (χ1) is 19.4. The molecule has 0 radical (unpaired) electrons. The van der Waals surface area contributed by atoms with Gasteiger partial charge in [0.2, 0.25) is 0 Å². The number of hydrogen-bond acceptors (Lipinski definition) is 14. The topological polar surface area (TPSA) is 229 Å². The summed E-state index contributed by atoms with van der Waals surface area (Å²) < 4.78 is 27.8. The molecule has 2 fully saturated rings. The molecule has 3 aromatic rings. The van der Waals surface area contributed by atoms with E-state index in [1.807, 2.05) is 0 Å². The van der Waals surface area contributed by atoms with Crippen molar-refractivity contribution >= 4 is 11.0 Å². The molecular weight excluding hydrogens is 548 g/mol. The number of hydrogen-bond donors (Lipinski definition) is 8. The Labute approximate surface area is 231 Å². The van der Waals surface area contributed by atoms with E-state index in [9.17, 15) is 45.6 Å². The van der Waals surface area contributed by atoms with Crippen molar-refractivity contribution in [2.75, 3.05) is 6.61 Å². The van der Waals surface area contributed by atoms with E-state index in [4.69, 9.17) is 23.4 Å². The number of aliphatic hydroxyl groups is 6. The Balaban J connectivity index is 1.33. The molecule has 3 heterocycles. The average molecular weight is 579 g/mol. The number of benzene rings is 2. The number of fused-ring (bicyclic) bond motifs is 1. The summed E-state index contributed by atoms with van der Waals surface area (Å²) in [6, 6.07) is 9.59. The van der Waals surface area contributed by atoms with Crippen molar-refractivity contribution < 1.29 is 64.2 Å². The maximum Gasteiger partial charge on any atom is 0.197 e. The molecule has 1 aromatic heterocycles. The molecule has 222 valence electrons. The molecule has 2 aliphatic heterocycles. The van der Waals surface area contributed by atoms with E-state index in [0.29, 0.717) is 5.56 Å². The monoisotopic (exact) mass is 578 g/mol. The molecule has 41 heavy (non-hydrogen) atoms. The summed E-state index contributed by atoms with van der Waals surface area (Å²) >= 11 is 0. The van der Waals surface area contributed by atoms with Crippen LogP contribution in [0.2, 0.25) is 0 Å². The second-order valence-corrected chi connectivity index (χ2v) is 9.98. The number of phenols is 2. The van der Waals surface area contributed by atoms with Crippen molar-refractivity contribution in [3.05, 3.63) is 52.7 Å². The molecule has 14 nitrogen and oxygen atoms in total. The molecule has 2 saturated heterocycles. The van der Waals surface area contributed by atoms with Gasteiger partial charge in [-0.25, -0.2) is 0 Å². The minimum absolute atomic E-state index is 0.00635. The van der Waals surface area contributed by atoms with Gasteiger partial charge in [0, 0.05) is 23.8 Å². The van der Waals surface area contributed by atoms with Crippen molar-refractivity contribution in [1.82, 2.24) is 0 Å². The van der Waals surface area contributed by atoms with Crippen LogP contribution < -0.4 is 10.2 Å². The number of rotatable bonds is 6. The minimum atomic E-state index is -1.78. The molecule has 14 heteroatoms. The molecule has 2 aliphatic rings. The number of ether oxygens (including phenoxy) is 4. The maximum absolute atomic E-state index is 12.7. The highest BCUT2D eigenvalue weighted by Gasteiger charge is 2.49. The molecule has 0 spiro atoms. The summed E-state index contributed by atoms with van der Waals surface area (Å²) in [5, 5.41) is 81.2. The first-order valence-electron chi connectivity index (χ1n) is 12.7. The lowest BCUT2D eigenvalue weighted by molar-refractivity contribution is -0.373. The Morgan fingerprint density at radius 2 is 1.41 bits per heavy atom. The molecule has 10 atom stereocenters. The Bertz CT molecular complexity index is 1420. The van der Waals surface area contributed by atoms with E-state index in [2.05, 4.69) is 0 Å². The van der Waals surface area contributed by atoms with Gasteiger partial charge in [-0.2, -0.15) is 0 Å². The zero-order valence-corrected chi connectivity index (χ0v) is 21.5. The lowest BCUT2D eigenvalue weighted by Gasteiger charge is -2.44. The summed E-state index contributed by atoms with van der Waals surface area (Å²) in [5.74, 6) is -0.243. The number of aromatic hydroxyl groups is 2. The summed E-state index contributed by atoms with van der Waals surface area (Å²) in [6.07, 6.45) is -15.4. The number of aliphatic hydroxyl groups excluding tert-OH is 6. The van der Waals surface area contributed by atoms with Crippen molar-refractivity contribution in [2.24, 2.45) is 0 Å². The third kappa shape index (κ3) is 5.74. The van der Waals surface area contributed by atoms with Gasteiger partial charge >= 0.3 is 0 Å². The highest BCUT2D eigenvalue weighted by Crippen LogP contribution is 2.33. The van der Waals surface area contributed by atoms with Gasteiger partial charge < -0.3 is 64.2 Å². The van der Waals surface area contributed by atoms with E-state index in [-0.39, 0.29) is 28.2 Å². The van der Waals surface area contributed by atoms with Gasteiger partial charge in [-0.1, -0.05) is 0 Å². The third-order valence-corrected chi connectivity index (χ3v) is 7.09. The molecule has 5 rings (SSSR count). The van der Waals surface area contributed by atoms with Crippen LogP contribution in [0.1, 0.15) is 6.92 Å². The molecule has 0 saturated carbocycles. The second kappa shape index (κ2) is 11.5. The Hall–Kier alpha value is -3.31. The smallest absolute Gasteiger partial charge is 0.197 e. The van der Waals surface area contributed by atoms with Crippen LogP contribution in [0.25, 0.3) is 22.3 Å². The fraction of sp³-hybridized carbons (Fsp3) is 0.444. The Morgan fingerprint density at radius 3 is 2.10 bits per heavy atom. The highest BCUT2D eigenvalue weighted by atomic mass is 16.8. The molecule has 1 unspecified atom stereocenters. The summed E-state index contributed by atoms with van der Waals surface area (Å²) in [5.41, 5.74) is -0.0512. The summed E-state index contributed by atoms with van der Waals surface area (Å²) in [6.45, 7) is 0.988. The van der Waals surface area contributed by atoms with Gasteiger partial charge in [0.05, 0.1) is 6.10 Å². The molecule has 0 amide bonds. The Morgan fingerprint density at radius 1 is 0.780 bits per heavy atom. The second-order valence-electron chi connectivity index (χ2n) is 9.98. The molecule has 0 bridgehead atoms. The molecule has 8 N–H and O–H groups in total. The quantitative estimate of drug-likeness (QED) is 0.174. The van der Waals surface area contributed by atoms with Gasteiger partial charge in [0.25, 0.3) is 0 Å². The van der Waals surface area contributed by atoms with Crippen LogP contribution in [-0.2, 0) is 14.2 Å². The Kier molecular flexibility index (Phi) is 8.20. The van der Waals surface area contributed by atoms with Crippen LogP contribution in [0.5, 0.6) is 17.2 Å². The van der Waals surface area contributed by atoms with Crippen LogP contribution >= 0.6 is 0 Å². The lowest BCUT2D eigenvalue weighted by Crippen LogP contribution is -2.63. The summed E-state index contributed by atoms with van der Waals surface area (Å²) in [4.78, 5) is 12.7. The van der Waals surface area contributed by atoms with E-state index in [1.54, 1.807) is 12.1 Å². The molecular formula is C27H30O14. The van der Waals surface area contributed by atoms with E-state index in [1.165, 1.54) is 31.2 Å². The van der Waals surface area contributed by atoms with Gasteiger partial charge in [-0.3, -0.25) is 4.79 Å². The van der Waals surface area contributed by atoms with Gasteiger partial charge in [-0.15, -0.1) is 0 Å². The largest absolute Gasteiger partial charge is 0.508 e. The number of phenolic OH excluding ortho intramolecular Hbond substituents is 2. The third-order valence-electron chi connectivity index (χ3n) is 7.09. The SMILES string of the molecule is C[C@@H]1O[C@@H](OC2O[C@@H](COc3cc(O)c4c(=O)cc(-c5ccc(O)cc5)oc4c3)[C@@H](O)[C@@H](O)[C@@H]2O)[C@H](O)[C@H](O)[C@H]1O. The van der Waals surface area contributed by atoms with Gasteiger partial charge in [-0.05, 0) is 31.2 Å². The first-order valence-corrected chi connectivity index (χ1v) is 12.7. The van der Waals surface area contributed by atoms with Crippen molar-refractivity contribution in [3.8, 4) is 28.6 Å². The molecule has 0 aliphatic carbocycles. The minimum Gasteiger partial charge on any atom is -0.508 e.